The van der Waals surface area contributed by atoms with E-state index in [1.165, 1.54) is 6.42 Å². The molecule has 2 aromatic rings. The fourth-order valence-electron chi connectivity index (χ4n) is 2.91. The molecule has 5 heteroatoms. The number of alkyl halides is 1. The zero-order valence-electron chi connectivity index (χ0n) is 11.3. The molecule has 1 aliphatic heterocycles. The summed E-state index contributed by atoms with van der Waals surface area (Å²) in [5, 5.41) is 5.26. The molecule has 0 aromatic carbocycles. The second-order valence-electron chi connectivity index (χ2n) is 5.33. The highest BCUT2D eigenvalue weighted by Gasteiger charge is 2.25. The maximum Gasteiger partial charge on any atom is 0.257 e. The van der Waals surface area contributed by atoms with Gasteiger partial charge in [0.2, 0.25) is 0 Å². The van der Waals surface area contributed by atoms with E-state index in [4.69, 9.17) is 0 Å². The molecule has 0 N–H and O–H groups in total. The molecule has 1 atom stereocenters. The van der Waals surface area contributed by atoms with E-state index in [0.717, 1.165) is 36.8 Å². The fourth-order valence-corrected chi connectivity index (χ4v) is 3.56. The van der Waals surface area contributed by atoms with Gasteiger partial charge in [-0.25, -0.2) is 4.52 Å². The first-order valence-electron chi connectivity index (χ1n) is 7.07. The lowest BCUT2D eigenvalue weighted by atomic mass is 9.95. The van der Waals surface area contributed by atoms with Gasteiger partial charge in [-0.05, 0) is 37.3 Å². The first kappa shape index (κ1) is 13.6. The van der Waals surface area contributed by atoms with Crippen molar-refractivity contribution in [3.8, 4) is 0 Å². The van der Waals surface area contributed by atoms with Crippen molar-refractivity contribution in [3.05, 3.63) is 36.2 Å². The van der Waals surface area contributed by atoms with Gasteiger partial charge in [0.15, 0.2) is 0 Å². The van der Waals surface area contributed by atoms with Crippen molar-refractivity contribution in [1.82, 2.24) is 14.5 Å². The highest BCUT2D eigenvalue weighted by molar-refractivity contribution is 9.09. The van der Waals surface area contributed by atoms with Crippen LogP contribution in [0.1, 0.15) is 29.6 Å². The monoisotopic (exact) mass is 335 g/mol. The molecule has 1 aliphatic rings. The van der Waals surface area contributed by atoms with Crippen molar-refractivity contribution in [3.63, 3.8) is 0 Å². The van der Waals surface area contributed by atoms with Gasteiger partial charge in [0.05, 0.1) is 17.3 Å². The molecule has 1 amide bonds. The van der Waals surface area contributed by atoms with Gasteiger partial charge in [0.1, 0.15) is 0 Å². The molecule has 106 valence electrons. The number of carbonyl (C=O) groups excluding carboxylic acids is 1. The van der Waals surface area contributed by atoms with Crippen molar-refractivity contribution in [1.29, 1.82) is 0 Å². The number of aromatic nitrogens is 2. The maximum absolute atomic E-state index is 12.7. The average Bonchev–Trinajstić information content (AvgIpc) is 2.91. The van der Waals surface area contributed by atoms with Crippen LogP contribution < -0.4 is 0 Å². The number of fused-ring (bicyclic) bond motifs is 1. The van der Waals surface area contributed by atoms with Crippen molar-refractivity contribution in [2.45, 2.75) is 19.3 Å². The first-order chi connectivity index (χ1) is 9.79. The molecular formula is C15H18BrN3O. The Balaban J connectivity index is 1.81. The third-order valence-corrected chi connectivity index (χ3v) is 4.44. The second kappa shape index (κ2) is 5.95. The minimum Gasteiger partial charge on any atom is -0.338 e. The van der Waals surface area contributed by atoms with Crippen LogP contribution in [0.25, 0.3) is 5.52 Å². The zero-order chi connectivity index (χ0) is 13.9. The highest BCUT2D eigenvalue weighted by Crippen LogP contribution is 2.23. The summed E-state index contributed by atoms with van der Waals surface area (Å²) < 4.78 is 1.76. The normalized spacial score (nSPS) is 19.4. The average molecular weight is 336 g/mol. The lowest BCUT2D eigenvalue weighted by Crippen LogP contribution is -2.40. The van der Waals surface area contributed by atoms with Gasteiger partial charge in [0.25, 0.3) is 5.91 Å². The number of pyridine rings is 1. The van der Waals surface area contributed by atoms with Gasteiger partial charge in [0, 0.05) is 24.6 Å². The van der Waals surface area contributed by atoms with E-state index in [2.05, 4.69) is 21.0 Å². The number of rotatable bonds is 3. The number of halogens is 1. The van der Waals surface area contributed by atoms with Crippen LogP contribution in [-0.4, -0.2) is 38.8 Å². The van der Waals surface area contributed by atoms with Gasteiger partial charge in [-0.2, -0.15) is 5.10 Å². The Morgan fingerprint density at radius 1 is 1.45 bits per heavy atom. The molecule has 0 bridgehead atoms. The predicted octanol–water partition coefficient (Wildman–Crippen LogP) is 2.97. The number of carbonyl (C=O) groups is 1. The zero-order valence-corrected chi connectivity index (χ0v) is 12.9. The summed E-state index contributed by atoms with van der Waals surface area (Å²) in [6.07, 6.45) is 7.02. The molecule has 1 fully saturated rings. The lowest BCUT2D eigenvalue weighted by molar-refractivity contribution is 0.0674. The van der Waals surface area contributed by atoms with Gasteiger partial charge < -0.3 is 4.90 Å². The van der Waals surface area contributed by atoms with Crippen LogP contribution >= 0.6 is 15.9 Å². The van der Waals surface area contributed by atoms with E-state index < -0.39 is 0 Å². The minimum absolute atomic E-state index is 0.116. The van der Waals surface area contributed by atoms with Crippen LogP contribution in [0.4, 0.5) is 0 Å². The topological polar surface area (TPSA) is 37.6 Å². The summed E-state index contributed by atoms with van der Waals surface area (Å²) in [6, 6.07) is 5.80. The molecular weight excluding hydrogens is 318 g/mol. The van der Waals surface area contributed by atoms with Crippen molar-refractivity contribution in [2.75, 3.05) is 18.4 Å². The summed E-state index contributed by atoms with van der Waals surface area (Å²) in [4.78, 5) is 14.7. The van der Waals surface area contributed by atoms with E-state index in [-0.39, 0.29) is 5.91 Å². The Hall–Kier alpha value is -1.36. The molecule has 0 spiro atoms. The molecule has 20 heavy (non-hydrogen) atoms. The summed E-state index contributed by atoms with van der Waals surface area (Å²) in [6.45, 7) is 1.73. The Morgan fingerprint density at radius 3 is 3.20 bits per heavy atom. The summed E-state index contributed by atoms with van der Waals surface area (Å²) in [7, 11) is 0. The number of hydrogen-bond donors (Lipinski definition) is 0. The fraction of sp³-hybridized carbons (Fsp3) is 0.467. The third-order valence-electron chi connectivity index (χ3n) is 3.98. The maximum atomic E-state index is 12.7. The van der Waals surface area contributed by atoms with E-state index in [1.54, 1.807) is 10.7 Å². The lowest BCUT2D eigenvalue weighted by Gasteiger charge is -2.32. The molecule has 2 aromatic heterocycles. The van der Waals surface area contributed by atoms with Crippen LogP contribution in [0.5, 0.6) is 0 Å². The quantitative estimate of drug-likeness (QED) is 0.808. The second-order valence-corrected chi connectivity index (χ2v) is 6.12. The van der Waals surface area contributed by atoms with E-state index in [1.807, 2.05) is 29.3 Å². The summed E-state index contributed by atoms with van der Waals surface area (Å²) in [5.41, 5.74) is 1.60. The van der Waals surface area contributed by atoms with Crippen LogP contribution in [0.2, 0.25) is 0 Å². The minimum atomic E-state index is 0.116. The van der Waals surface area contributed by atoms with Crippen LogP contribution in [-0.2, 0) is 0 Å². The molecule has 1 unspecified atom stereocenters. The number of amides is 1. The molecule has 0 radical (unpaired) electrons. The van der Waals surface area contributed by atoms with Crippen molar-refractivity contribution < 1.29 is 4.79 Å². The largest absolute Gasteiger partial charge is 0.338 e. The molecule has 3 rings (SSSR count). The Labute approximate surface area is 126 Å². The summed E-state index contributed by atoms with van der Waals surface area (Å²) >= 11 is 3.50. The molecule has 4 nitrogen and oxygen atoms in total. The Kier molecular flexibility index (Phi) is 4.05. The Bertz CT molecular complexity index is 608. The highest BCUT2D eigenvalue weighted by atomic mass is 79.9. The first-order valence-corrected chi connectivity index (χ1v) is 8.19. The van der Waals surface area contributed by atoms with Crippen LogP contribution in [0.15, 0.2) is 30.6 Å². The van der Waals surface area contributed by atoms with Crippen molar-refractivity contribution >= 4 is 27.4 Å². The Morgan fingerprint density at radius 2 is 2.35 bits per heavy atom. The third kappa shape index (κ3) is 2.59. The smallest absolute Gasteiger partial charge is 0.257 e. The van der Waals surface area contributed by atoms with E-state index >= 15 is 0 Å². The molecule has 0 saturated carbocycles. The number of nitrogens with zero attached hydrogens (tertiary/aromatic N) is 3. The standard InChI is InChI=1S/C15H18BrN3O/c16-7-6-12-4-3-8-18(11-12)15(20)13-10-17-19-9-2-1-5-14(13)19/h1-2,5,9-10,12H,3-4,6-8,11H2. The molecule has 1 saturated heterocycles. The number of likely N-dealkylation sites (tertiary alicyclic amines) is 1. The predicted molar refractivity (Wildman–Crippen MR) is 82.2 cm³/mol. The van der Waals surface area contributed by atoms with E-state index in [9.17, 15) is 4.79 Å². The number of hydrogen-bond acceptors (Lipinski definition) is 2. The van der Waals surface area contributed by atoms with Crippen LogP contribution in [0, 0.1) is 5.92 Å². The van der Waals surface area contributed by atoms with Crippen LogP contribution in [0.3, 0.4) is 0 Å². The van der Waals surface area contributed by atoms with Crippen molar-refractivity contribution in [2.24, 2.45) is 5.92 Å². The molecule has 3 heterocycles. The number of piperidine rings is 1. The van der Waals surface area contributed by atoms with Gasteiger partial charge in [-0.15, -0.1) is 0 Å². The molecule has 0 aliphatic carbocycles. The van der Waals surface area contributed by atoms with E-state index in [0.29, 0.717) is 11.5 Å². The summed E-state index contributed by atoms with van der Waals surface area (Å²) in [5.74, 6) is 0.736. The van der Waals surface area contributed by atoms with Gasteiger partial charge in [-0.1, -0.05) is 22.0 Å². The van der Waals surface area contributed by atoms with Gasteiger partial charge >= 0.3 is 0 Å². The SMILES string of the molecule is O=C(c1cnn2ccccc12)N1CCCC(CCBr)C1. The van der Waals surface area contributed by atoms with Gasteiger partial charge in [-0.3, -0.25) is 4.79 Å².